The molecule has 9 nitrogen and oxygen atoms in total. The largest absolute Gasteiger partial charge is 0.368 e. The number of aromatic nitrogens is 4. The number of fused-ring (bicyclic) bond motifs is 2. The monoisotopic (exact) mass is 383 g/mol. The van der Waals surface area contributed by atoms with Gasteiger partial charge in [-0.1, -0.05) is 0 Å². The van der Waals surface area contributed by atoms with Gasteiger partial charge in [-0.15, -0.1) is 10.2 Å². The molecule has 0 aromatic carbocycles. The van der Waals surface area contributed by atoms with Crippen LogP contribution >= 0.6 is 0 Å². The lowest BCUT2D eigenvalue weighted by molar-refractivity contribution is -0.0801. The zero-order valence-electron chi connectivity index (χ0n) is 16.5. The number of nitrogens with zero attached hydrogens (tertiary/aromatic N) is 6. The summed E-state index contributed by atoms with van der Waals surface area (Å²) in [6, 6.07) is 3.55. The van der Waals surface area contributed by atoms with Crippen LogP contribution in [0.15, 0.2) is 18.3 Å². The third-order valence-electron chi connectivity index (χ3n) is 5.44. The number of rotatable bonds is 3. The number of piperidine rings is 1. The van der Waals surface area contributed by atoms with E-state index in [-0.39, 0.29) is 11.5 Å². The summed E-state index contributed by atoms with van der Waals surface area (Å²) in [5.74, 6) is 1.25. The van der Waals surface area contributed by atoms with Gasteiger partial charge in [0.05, 0.1) is 12.3 Å². The highest BCUT2D eigenvalue weighted by atomic mass is 16.5. The predicted molar refractivity (Wildman–Crippen MR) is 105 cm³/mol. The first-order valence-corrected chi connectivity index (χ1v) is 9.51. The molecule has 0 aliphatic carbocycles. The van der Waals surface area contributed by atoms with Crippen LogP contribution in [0.1, 0.15) is 34.6 Å². The predicted octanol–water partition coefficient (Wildman–Crippen LogP) is 0.761. The van der Waals surface area contributed by atoms with Crippen molar-refractivity contribution in [2.45, 2.75) is 24.9 Å². The van der Waals surface area contributed by atoms with Gasteiger partial charge in [0.25, 0.3) is 5.91 Å². The minimum Gasteiger partial charge on any atom is -0.368 e. The maximum atomic E-state index is 11.6. The number of carbonyl (C=O) groups excluding carboxylic acids is 1. The number of nitrogens with one attached hydrogen (secondary N) is 1. The van der Waals surface area contributed by atoms with E-state index in [0.717, 1.165) is 43.9 Å². The Hall–Kier alpha value is -2.81. The summed E-state index contributed by atoms with van der Waals surface area (Å²) in [4.78, 5) is 25.0. The zero-order chi connectivity index (χ0) is 19.7. The second-order valence-electron chi connectivity index (χ2n) is 7.37. The molecule has 148 valence electrons. The average molecular weight is 383 g/mol. The Balaban J connectivity index is 1.53. The fourth-order valence-electron chi connectivity index (χ4n) is 3.84. The quantitative estimate of drug-likeness (QED) is 0.830. The lowest BCUT2D eigenvalue weighted by Crippen LogP contribution is -2.47. The molecule has 0 bridgehead atoms. The van der Waals surface area contributed by atoms with Crippen LogP contribution in [0.5, 0.6) is 0 Å². The Kier molecular flexibility index (Phi) is 4.84. The molecule has 1 spiro atoms. The van der Waals surface area contributed by atoms with Crippen LogP contribution in [0, 0.1) is 0 Å². The van der Waals surface area contributed by atoms with E-state index in [0.29, 0.717) is 18.2 Å². The molecule has 28 heavy (non-hydrogen) atoms. The Morgan fingerprint density at radius 3 is 2.68 bits per heavy atom. The van der Waals surface area contributed by atoms with E-state index < -0.39 is 0 Å². The highest BCUT2D eigenvalue weighted by Crippen LogP contribution is 2.41. The van der Waals surface area contributed by atoms with Crippen LogP contribution in [0.4, 0.5) is 11.8 Å². The normalized spacial score (nSPS) is 17.9. The first kappa shape index (κ1) is 18.5. The highest BCUT2D eigenvalue weighted by Gasteiger charge is 2.43. The van der Waals surface area contributed by atoms with Gasteiger partial charge in [0, 0.05) is 40.4 Å². The third-order valence-corrected chi connectivity index (χ3v) is 5.44. The van der Waals surface area contributed by atoms with Gasteiger partial charge < -0.3 is 19.9 Å². The van der Waals surface area contributed by atoms with Gasteiger partial charge in [-0.05, 0) is 37.0 Å². The molecule has 2 aromatic heterocycles. The molecule has 0 radical (unpaired) electrons. The van der Waals surface area contributed by atoms with Crippen LogP contribution in [0.2, 0.25) is 0 Å². The van der Waals surface area contributed by atoms with Crippen molar-refractivity contribution in [3.63, 3.8) is 0 Å². The molecule has 9 heteroatoms. The smallest absolute Gasteiger partial charge is 0.271 e. The van der Waals surface area contributed by atoms with Crippen LogP contribution < -0.4 is 15.1 Å². The number of amides is 1. The maximum Gasteiger partial charge on any atom is 0.271 e. The van der Waals surface area contributed by atoms with Gasteiger partial charge >= 0.3 is 0 Å². The molecule has 2 aliphatic rings. The molecular weight excluding hydrogens is 358 g/mol. The molecule has 1 N–H and O–H groups in total. The summed E-state index contributed by atoms with van der Waals surface area (Å²) in [6.07, 6.45) is 4.43. The molecule has 1 amide bonds. The molecule has 1 fully saturated rings. The van der Waals surface area contributed by atoms with E-state index in [2.05, 4.69) is 25.4 Å². The molecule has 4 rings (SSSR count). The van der Waals surface area contributed by atoms with E-state index in [9.17, 15) is 4.79 Å². The van der Waals surface area contributed by atoms with Crippen LogP contribution in [0.25, 0.3) is 0 Å². The first-order valence-electron chi connectivity index (χ1n) is 9.51. The third kappa shape index (κ3) is 3.26. The van der Waals surface area contributed by atoms with E-state index >= 15 is 0 Å². The molecule has 1 saturated heterocycles. The van der Waals surface area contributed by atoms with Crippen molar-refractivity contribution in [3.05, 3.63) is 35.3 Å². The van der Waals surface area contributed by atoms with Gasteiger partial charge in [-0.3, -0.25) is 4.79 Å². The fourth-order valence-corrected chi connectivity index (χ4v) is 3.84. The van der Waals surface area contributed by atoms with Gasteiger partial charge in [0.2, 0.25) is 5.95 Å². The first-order chi connectivity index (χ1) is 13.5. The summed E-state index contributed by atoms with van der Waals surface area (Å²) in [6.45, 7) is 2.27. The highest BCUT2D eigenvalue weighted by molar-refractivity contribution is 5.91. The number of hydrogen-bond donors (Lipinski definition) is 1. The zero-order valence-corrected chi connectivity index (χ0v) is 16.5. The van der Waals surface area contributed by atoms with E-state index in [1.165, 1.54) is 5.56 Å². The summed E-state index contributed by atoms with van der Waals surface area (Å²) in [7, 11) is 5.47. The van der Waals surface area contributed by atoms with E-state index in [4.69, 9.17) is 9.72 Å². The van der Waals surface area contributed by atoms with Gasteiger partial charge in [0.1, 0.15) is 5.60 Å². The van der Waals surface area contributed by atoms with Crippen molar-refractivity contribution in [3.8, 4) is 0 Å². The van der Waals surface area contributed by atoms with Crippen LogP contribution in [-0.4, -0.2) is 66.9 Å². The number of carbonyl (C=O) groups is 1. The second kappa shape index (κ2) is 7.31. The Morgan fingerprint density at radius 1 is 1.25 bits per heavy atom. The SMILES string of the molecule is CNC(=O)c1ccc(N2CCC3(CC2)OCCc2cnc(N(C)C)nc23)nn1. The Morgan fingerprint density at radius 2 is 2.04 bits per heavy atom. The molecule has 0 atom stereocenters. The summed E-state index contributed by atoms with van der Waals surface area (Å²) in [5.41, 5.74) is 2.16. The minimum atomic E-state index is -0.368. The summed E-state index contributed by atoms with van der Waals surface area (Å²) >= 11 is 0. The molecule has 0 unspecified atom stereocenters. The van der Waals surface area contributed by atoms with E-state index in [1.807, 2.05) is 31.3 Å². The minimum absolute atomic E-state index is 0.236. The molecule has 2 aliphatic heterocycles. The number of ether oxygens (including phenoxy) is 1. The van der Waals surface area contributed by atoms with Crippen molar-refractivity contribution >= 4 is 17.7 Å². The lowest BCUT2D eigenvalue weighted by atomic mass is 9.83. The molecular formula is C19H25N7O2. The topological polar surface area (TPSA) is 96.4 Å². The van der Waals surface area contributed by atoms with Crippen LogP contribution in [0.3, 0.4) is 0 Å². The standard InChI is InChI=1S/C19H25N7O2/c1-20-17(27)14-4-5-15(24-23-14)26-9-7-19(8-10-26)16-13(6-11-28-19)12-21-18(22-16)25(2)3/h4-5,12H,6-11H2,1-3H3,(H,20,27). The Labute approximate surface area is 164 Å². The van der Waals surface area contributed by atoms with Gasteiger partial charge in [0.15, 0.2) is 11.5 Å². The summed E-state index contributed by atoms with van der Waals surface area (Å²) in [5, 5.41) is 10.8. The van der Waals surface area contributed by atoms with E-state index in [1.54, 1.807) is 13.1 Å². The van der Waals surface area contributed by atoms with Gasteiger partial charge in [-0.25, -0.2) is 9.97 Å². The molecule has 0 saturated carbocycles. The van der Waals surface area contributed by atoms with Crippen LogP contribution in [-0.2, 0) is 16.8 Å². The molecule has 4 heterocycles. The van der Waals surface area contributed by atoms with Crippen molar-refractivity contribution in [1.29, 1.82) is 0 Å². The lowest BCUT2D eigenvalue weighted by Gasteiger charge is -2.44. The molecule has 2 aromatic rings. The summed E-state index contributed by atoms with van der Waals surface area (Å²) < 4.78 is 6.29. The van der Waals surface area contributed by atoms with Gasteiger partial charge in [-0.2, -0.15) is 0 Å². The van der Waals surface area contributed by atoms with Crippen molar-refractivity contribution < 1.29 is 9.53 Å². The fraction of sp³-hybridized carbons (Fsp3) is 0.526. The maximum absolute atomic E-state index is 11.6. The van der Waals surface area contributed by atoms with Crippen molar-refractivity contribution in [2.24, 2.45) is 0 Å². The van der Waals surface area contributed by atoms with Crippen molar-refractivity contribution in [1.82, 2.24) is 25.5 Å². The number of anilines is 2. The Bertz CT molecular complexity index is 861. The number of hydrogen-bond acceptors (Lipinski definition) is 8. The van der Waals surface area contributed by atoms with Crippen molar-refractivity contribution in [2.75, 3.05) is 50.6 Å². The average Bonchev–Trinajstić information content (AvgIpc) is 2.74. The second-order valence-corrected chi connectivity index (χ2v) is 7.37.